The van der Waals surface area contributed by atoms with Gasteiger partial charge in [0.05, 0.1) is 52.3 Å². The fraction of sp³-hybridized carbons (Fsp3) is 0.508. The molecule has 4 aromatic heterocycles. The molecule has 6 amide bonds. The highest BCUT2D eigenvalue weighted by atomic mass is 32.7. The lowest BCUT2D eigenvalue weighted by Gasteiger charge is -2.29. The number of anilines is 3. The van der Waals surface area contributed by atoms with Crippen molar-refractivity contribution in [2.24, 2.45) is 5.92 Å². The third-order valence-corrected chi connectivity index (χ3v) is 18.9. The van der Waals surface area contributed by atoms with E-state index in [-0.39, 0.29) is 111 Å². The summed E-state index contributed by atoms with van der Waals surface area (Å²) in [5.74, 6) is -2.30. The van der Waals surface area contributed by atoms with Crippen LogP contribution in [0.4, 0.5) is 35.7 Å². The molecule has 0 aliphatic carbocycles. The maximum Gasteiger partial charge on any atom is 0.410 e. The van der Waals surface area contributed by atoms with Crippen LogP contribution in [0.1, 0.15) is 81.9 Å². The number of nitrogens with zero attached hydrogens (tertiary/aromatic N) is 10. The number of hydrogen-bond donors (Lipinski definition) is 7. The molecule has 0 radical (unpaired) electrons. The third kappa shape index (κ3) is 18.8. The van der Waals surface area contributed by atoms with Crippen LogP contribution < -0.4 is 31.5 Å². The summed E-state index contributed by atoms with van der Waals surface area (Å²) in [7, 11) is 1.48. The molecule has 3 saturated heterocycles. The largest absolute Gasteiger partial charge is 0.445 e. The van der Waals surface area contributed by atoms with Gasteiger partial charge in [0, 0.05) is 50.9 Å². The van der Waals surface area contributed by atoms with Gasteiger partial charge in [0.1, 0.15) is 61.4 Å². The monoisotopic (exact) mass is 1470 g/mol. The van der Waals surface area contributed by atoms with Gasteiger partial charge in [-0.25, -0.2) is 52.8 Å². The van der Waals surface area contributed by atoms with Crippen LogP contribution >= 0.6 is 25.8 Å². The summed E-state index contributed by atoms with van der Waals surface area (Å²) in [4.78, 5) is 121. The van der Waals surface area contributed by atoms with Crippen LogP contribution in [0.5, 0.6) is 0 Å². The number of fused-ring (bicyclic) bond motifs is 10. The first-order valence-electron chi connectivity index (χ1n) is 31.7. The minimum atomic E-state index is -4.56. The van der Waals surface area contributed by atoms with Gasteiger partial charge in [0.2, 0.25) is 17.7 Å². The lowest BCUT2D eigenvalue weighted by molar-refractivity contribution is -0.132. The van der Waals surface area contributed by atoms with Crippen molar-refractivity contribution in [3.05, 3.63) is 103 Å². The molecule has 2 unspecified atom stereocenters. The zero-order chi connectivity index (χ0) is 71.6. The van der Waals surface area contributed by atoms with E-state index in [9.17, 15) is 33.4 Å². The first kappa shape index (κ1) is 74.9. The average Bonchev–Trinajstić information content (AvgIpc) is 1.62. The second-order valence-corrected chi connectivity index (χ2v) is 30.4. The van der Waals surface area contributed by atoms with E-state index in [0.717, 1.165) is 6.33 Å². The van der Waals surface area contributed by atoms with Crippen molar-refractivity contribution < 1.29 is 93.5 Å². The Bertz CT molecular complexity index is 4060. The summed E-state index contributed by atoms with van der Waals surface area (Å²) >= 11 is 9.48. The molecule has 11 rings (SSSR count). The van der Waals surface area contributed by atoms with Gasteiger partial charge in [-0.1, -0.05) is 68.6 Å². The molecule has 33 nitrogen and oxygen atoms in total. The Kier molecular flexibility index (Phi) is 24.7. The molecule has 6 aromatic rings. The van der Waals surface area contributed by atoms with E-state index in [2.05, 4.69) is 68.7 Å². The fourth-order valence-corrected chi connectivity index (χ4v) is 13.8. The molecule has 6 N–H and O–H groups in total. The molecule has 0 spiro atoms. The molecular formula is C61H77F2N15O18P2S2. The number of benzene rings is 2. The molecular weight excluding hydrogens is 1390 g/mol. The molecule has 39 heteroatoms. The van der Waals surface area contributed by atoms with E-state index in [0.29, 0.717) is 16.8 Å². The lowest BCUT2D eigenvalue weighted by atomic mass is 10.0. The minimum Gasteiger partial charge on any atom is -0.445 e. The number of halogens is 2. The summed E-state index contributed by atoms with van der Waals surface area (Å²) in [6.45, 7) is 0.413. The summed E-state index contributed by atoms with van der Waals surface area (Å²) in [6.07, 6.45) is -7.06. The van der Waals surface area contributed by atoms with Gasteiger partial charge in [-0.05, 0) is 74.7 Å². The molecule has 5 aliphatic rings. The highest BCUT2D eigenvalue weighted by molar-refractivity contribution is 8.44. The van der Waals surface area contributed by atoms with Crippen molar-refractivity contribution >= 4 is 113 Å². The van der Waals surface area contributed by atoms with Gasteiger partial charge in [0.25, 0.3) is 5.91 Å². The second-order valence-electron chi connectivity index (χ2n) is 24.7. The van der Waals surface area contributed by atoms with Crippen LogP contribution in [0.15, 0.2) is 86.0 Å². The predicted molar refractivity (Wildman–Crippen MR) is 360 cm³/mol. The fourth-order valence-electron chi connectivity index (χ4n) is 10.8. The number of alkyl carbamates (subject to hydrolysis) is 1. The number of thiol groups is 1. The summed E-state index contributed by atoms with van der Waals surface area (Å²) in [5, 5.41) is 13.9. The topological polar surface area (TPSA) is 386 Å². The van der Waals surface area contributed by atoms with Crippen LogP contribution in [0.3, 0.4) is 0 Å². The number of carbonyl (C=O) groups is 6. The van der Waals surface area contributed by atoms with E-state index < -0.39 is 129 Å². The zero-order valence-corrected chi connectivity index (χ0v) is 58.8. The van der Waals surface area contributed by atoms with E-state index in [1.807, 2.05) is 0 Å². The number of nitrogens with one attached hydrogen (secondary N) is 5. The first-order chi connectivity index (χ1) is 47.6. The van der Waals surface area contributed by atoms with Crippen LogP contribution in [-0.4, -0.2) is 205 Å². The Balaban J connectivity index is 0.774. The molecule has 12 atom stereocenters. The molecule has 100 heavy (non-hydrogen) atoms. The van der Waals surface area contributed by atoms with Gasteiger partial charge in [0.15, 0.2) is 58.8 Å². The molecule has 540 valence electrons. The molecule has 2 aromatic carbocycles. The van der Waals surface area contributed by atoms with E-state index >= 15 is 13.6 Å². The predicted octanol–water partition coefficient (Wildman–Crippen LogP) is 6.14. The number of alkyl halides is 2. The third-order valence-electron chi connectivity index (χ3n) is 15.8. The van der Waals surface area contributed by atoms with Crippen molar-refractivity contribution in [1.29, 1.82) is 0 Å². The molecule has 3 fully saturated rings. The Labute approximate surface area is 582 Å². The van der Waals surface area contributed by atoms with Gasteiger partial charge < -0.3 is 69.3 Å². The smallest absolute Gasteiger partial charge is 0.410 e. The Morgan fingerprint density at radius 2 is 1.45 bits per heavy atom. The van der Waals surface area contributed by atoms with Crippen LogP contribution in [0.25, 0.3) is 22.3 Å². The molecule has 9 heterocycles. The van der Waals surface area contributed by atoms with Gasteiger partial charge in [-0.3, -0.25) is 46.8 Å². The van der Waals surface area contributed by atoms with E-state index in [1.165, 1.54) is 51.9 Å². The maximum atomic E-state index is 17.1. The summed E-state index contributed by atoms with van der Waals surface area (Å²) < 4.78 is 107. The molecule has 5 aliphatic heterocycles. The van der Waals surface area contributed by atoms with Gasteiger partial charge in [-0.2, -0.15) is 0 Å². The molecule has 0 saturated carbocycles. The van der Waals surface area contributed by atoms with Crippen molar-refractivity contribution in [2.75, 3.05) is 81.9 Å². The number of carbonyl (C=O) groups excluding carboxylic acids is 6. The number of rotatable bonds is 20. The van der Waals surface area contributed by atoms with Crippen molar-refractivity contribution in [2.45, 2.75) is 128 Å². The Morgan fingerprint density at radius 1 is 0.810 bits per heavy atom. The number of amides is 6. The van der Waals surface area contributed by atoms with Crippen LogP contribution in [-0.2, 0) is 90.4 Å². The van der Waals surface area contributed by atoms with Gasteiger partial charge in [-0.15, -0.1) is 0 Å². The number of ether oxygens (including phenoxy) is 6. The van der Waals surface area contributed by atoms with Crippen molar-refractivity contribution in [3.8, 4) is 0 Å². The van der Waals surface area contributed by atoms with Crippen LogP contribution in [0.2, 0.25) is 0 Å². The van der Waals surface area contributed by atoms with Crippen molar-refractivity contribution in [1.82, 2.24) is 59.9 Å². The SMILES string of the molecule is CC(C)[C@H](NC(=O)CCOCCOCCNC(=O)OC(C)(C)C)C(=O)N[C@@H](C)C(=O)Nc1ccc(COC(=O)N(C)Cc2ccccc2C(=O)N2C/C=C/CNc3ncnc4c3ncn4[C@@H]3O[C@@H]4COP(O)(=S)O[C@H]5[C@@H](F)[C@@H](O[C@@H]5COP(=O)(S)O[C@H]4[C@H]3F)n3cnc4c2ncnc43)cc1. The number of hydrogen-bond acceptors (Lipinski definition) is 25. The van der Waals surface area contributed by atoms with E-state index in [4.69, 9.17) is 58.3 Å². The highest BCUT2D eigenvalue weighted by Crippen LogP contribution is 2.59. The Morgan fingerprint density at radius 3 is 2.14 bits per heavy atom. The minimum absolute atomic E-state index is 0.000390. The Hall–Kier alpha value is -7.77. The quantitative estimate of drug-likeness (QED) is 0.0195. The average molecular weight is 1470 g/mol. The number of imidazole rings is 2. The molecule has 14 bridgehead atoms. The highest BCUT2D eigenvalue weighted by Gasteiger charge is 2.54. The number of aromatic nitrogens is 8. The van der Waals surface area contributed by atoms with Gasteiger partial charge >= 0.3 is 25.7 Å². The maximum absolute atomic E-state index is 17.1. The standard InChI is InChI=1S/C61H77F2N15O18P2S2/c1-34(2)45(74-42(79)18-22-87-24-25-88-23-20-65-59(83)94-61(4,5)6)55(81)72-35(3)54(80)73-38-16-14-36(15-17-38)27-89-60(84)75(7)26-37-12-8-9-13-39(37)56(82)76-21-11-10-19-64-50-46-51(67-30-66-50)77(32-70-46)57-43(62)48-40(92-57)28-90-98(86,100)96-49-41(29-91-97(85,99)95-48)93-58(44(49)63)78-33-71-47-52(76)68-31-69-53(47)78/h8-17,30-35,40-41,43-45,48-49,57-58H,18-29H2,1-7H3,(H,65,83)(H,72,81)(H,73,80)(H,74,79)(H,85,99)(H,86,100)(H,64,66,67)/b11-10+/t35-,40+,41+,43+,44+,45-,48+,49+,57+,58+,97?,98?/m0/s1. The first-order valence-corrected chi connectivity index (χ1v) is 37.0. The van der Waals surface area contributed by atoms with E-state index in [1.54, 1.807) is 95.3 Å². The summed E-state index contributed by atoms with van der Waals surface area (Å²) in [5.41, 5.74) is 1.11. The normalized spacial score (nSPS) is 24.9. The lowest BCUT2D eigenvalue weighted by Crippen LogP contribution is -2.53. The van der Waals surface area contributed by atoms with Crippen molar-refractivity contribution in [3.63, 3.8) is 0 Å². The second kappa shape index (κ2) is 32.9. The zero-order valence-electron chi connectivity index (χ0n) is 55.3. The van der Waals surface area contributed by atoms with Crippen LogP contribution in [0, 0.1) is 5.92 Å². The summed E-state index contributed by atoms with van der Waals surface area (Å²) in [6, 6.07) is 11.0.